The van der Waals surface area contributed by atoms with E-state index in [9.17, 15) is 9.90 Å². The molecule has 1 aromatic rings. The Morgan fingerprint density at radius 1 is 1.33 bits per heavy atom. The lowest BCUT2D eigenvalue weighted by atomic mass is 9.97. The van der Waals surface area contributed by atoms with Gasteiger partial charge in [0.15, 0.2) is 0 Å². The summed E-state index contributed by atoms with van der Waals surface area (Å²) in [6, 6.07) is 7.84. The molecule has 1 N–H and O–H groups in total. The molecule has 0 spiro atoms. The lowest BCUT2D eigenvalue weighted by Crippen LogP contribution is -2.34. The molecule has 0 heterocycles. The van der Waals surface area contributed by atoms with Gasteiger partial charge in [-0.05, 0) is 31.0 Å². The number of carbonyl (C=O) groups is 1. The Kier molecular flexibility index (Phi) is 6.22. The van der Waals surface area contributed by atoms with Crippen molar-refractivity contribution in [2.24, 2.45) is 0 Å². The molecule has 0 aromatic heterocycles. The van der Waals surface area contributed by atoms with Gasteiger partial charge in [-0.1, -0.05) is 48.7 Å². The zero-order valence-corrected chi connectivity index (χ0v) is 13.2. The number of carboxylic acid groups (broad SMARTS) is 1. The number of hydrogen-bond donors (Lipinski definition) is 1. The van der Waals surface area contributed by atoms with Crippen LogP contribution in [0.3, 0.4) is 0 Å². The highest BCUT2D eigenvalue weighted by Crippen LogP contribution is 2.41. The molecule has 0 atom stereocenters. The van der Waals surface area contributed by atoms with E-state index in [1.54, 1.807) is 0 Å². The van der Waals surface area contributed by atoms with Crippen molar-refractivity contribution in [3.05, 3.63) is 28.7 Å². The average molecular weight is 331 g/mol. The number of halogens is 1. The minimum Gasteiger partial charge on any atom is -0.480 e. The molecular formula is C14H19BrO2S. The molecule has 100 valence electrons. The lowest BCUT2D eigenvalue weighted by molar-refractivity contribution is -0.140. The summed E-state index contributed by atoms with van der Waals surface area (Å²) < 4.78 is 0.296. The van der Waals surface area contributed by atoms with E-state index in [1.807, 2.05) is 38.1 Å². The van der Waals surface area contributed by atoms with Gasteiger partial charge < -0.3 is 5.11 Å². The fraction of sp³-hybridized carbons (Fsp3) is 0.500. The molecule has 4 heteroatoms. The molecule has 18 heavy (non-hydrogen) atoms. The van der Waals surface area contributed by atoms with E-state index >= 15 is 0 Å². The van der Waals surface area contributed by atoms with Crippen LogP contribution in [0, 0.1) is 0 Å². The maximum Gasteiger partial charge on any atom is 0.320 e. The quantitative estimate of drug-likeness (QED) is 0.717. The van der Waals surface area contributed by atoms with Crippen molar-refractivity contribution in [3.8, 4) is 0 Å². The number of benzene rings is 1. The zero-order chi connectivity index (χ0) is 13.6. The van der Waals surface area contributed by atoms with E-state index in [-0.39, 0.29) is 0 Å². The third kappa shape index (κ3) is 4.02. The van der Waals surface area contributed by atoms with Crippen LogP contribution in [0.15, 0.2) is 33.6 Å². The van der Waals surface area contributed by atoms with E-state index in [2.05, 4.69) is 15.9 Å². The van der Waals surface area contributed by atoms with Crippen LogP contribution < -0.4 is 0 Å². The molecule has 2 nitrogen and oxygen atoms in total. The first-order valence-electron chi connectivity index (χ1n) is 6.22. The Morgan fingerprint density at radius 2 is 1.94 bits per heavy atom. The molecule has 0 saturated carbocycles. The van der Waals surface area contributed by atoms with E-state index in [0.717, 1.165) is 22.2 Å². The average Bonchev–Trinajstić information content (AvgIpc) is 2.29. The van der Waals surface area contributed by atoms with Gasteiger partial charge in [0.1, 0.15) is 4.75 Å². The number of rotatable bonds is 7. The van der Waals surface area contributed by atoms with Crippen molar-refractivity contribution in [2.75, 3.05) is 0 Å². The SMILES string of the molecule is CCCC(CCC)(Sc1cccc(Br)c1)C(=O)O. The summed E-state index contributed by atoms with van der Waals surface area (Å²) in [6.45, 7) is 4.07. The Balaban J connectivity index is 2.99. The molecule has 0 aliphatic rings. The maximum atomic E-state index is 11.7. The number of thioether (sulfide) groups is 1. The summed E-state index contributed by atoms with van der Waals surface area (Å²) in [5, 5.41) is 9.58. The minimum absolute atomic E-state index is 0.690. The third-order valence-electron chi connectivity index (χ3n) is 2.81. The third-order valence-corrected chi connectivity index (χ3v) is 4.76. The lowest BCUT2D eigenvalue weighted by Gasteiger charge is -2.28. The van der Waals surface area contributed by atoms with Crippen LogP contribution in [-0.4, -0.2) is 15.8 Å². The van der Waals surface area contributed by atoms with Gasteiger partial charge in [0, 0.05) is 9.37 Å². The number of aliphatic carboxylic acids is 1. The van der Waals surface area contributed by atoms with Crippen LogP contribution in [0.1, 0.15) is 39.5 Å². The molecule has 0 aliphatic carbocycles. The normalized spacial score (nSPS) is 11.5. The summed E-state index contributed by atoms with van der Waals surface area (Å²) in [6.07, 6.45) is 3.17. The Morgan fingerprint density at radius 3 is 2.39 bits per heavy atom. The maximum absolute atomic E-state index is 11.7. The fourth-order valence-corrected chi connectivity index (χ4v) is 4.08. The Bertz CT molecular complexity index is 401. The molecule has 0 amide bonds. The predicted octanol–water partition coefficient (Wildman–Crippen LogP) is 4.96. The highest BCUT2D eigenvalue weighted by atomic mass is 79.9. The van der Waals surface area contributed by atoms with Gasteiger partial charge in [-0.15, -0.1) is 11.8 Å². The second-order valence-corrected chi connectivity index (χ2v) is 6.73. The highest BCUT2D eigenvalue weighted by Gasteiger charge is 2.37. The van der Waals surface area contributed by atoms with Crippen LogP contribution in [0.4, 0.5) is 0 Å². The van der Waals surface area contributed by atoms with Crippen molar-refractivity contribution < 1.29 is 9.90 Å². The summed E-state index contributed by atoms with van der Waals surface area (Å²) in [5.41, 5.74) is 0. The van der Waals surface area contributed by atoms with Gasteiger partial charge in [-0.25, -0.2) is 0 Å². The molecule has 0 radical (unpaired) electrons. The first-order chi connectivity index (χ1) is 8.54. The van der Waals surface area contributed by atoms with E-state index < -0.39 is 10.7 Å². The molecule has 0 fully saturated rings. The number of hydrogen-bond acceptors (Lipinski definition) is 2. The summed E-state index contributed by atoms with van der Waals surface area (Å²) >= 11 is 4.90. The Hall–Kier alpha value is -0.480. The first-order valence-corrected chi connectivity index (χ1v) is 7.83. The van der Waals surface area contributed by atoms with Crippen LogP contribution >= 0.6 is 27.7 Å². The second-order valence-electron chi connectivity index (χ2n) is 4.36. The van der Waals surface area contributed by atoms with Crippen molar-refractivity contribution in [1.82, 2.24) is 0 Å². The summed E-state index contributed by atoms with van der Waals surface area (Å²) in [4.78, 5) is 12.7. The van der Waals surface area contributed by atoms with Gasteiger partial charge in [0.05, 0.1) is 0 Å². The second kappa shape index (κ2) is 7.19. The topological polar surface area (TPSA) is 37.3 Å². The molecular weight excluding hydrogens is 312 g/mol. The van der Waals surface area contributed by atoms with Gasteiger partial charge in [-0.2, -0.15) is 0 Å². The van der Waals surface area contributed by atoms with Crippen molar-refractivity contribution >= 4 is 33.7 Å². The van der Waals surface area contributed by atoms with Gasteiger partial charge in [0.25, 0.3) is 0 Å². The van der Waals surface area contributed by atoms with Gasteiger partial charge in [0.2, 0.25) is 0 Å². The van der Waals surface area contributed by atoms with E-state index in [0.29, 0.717) is 12.8 Å². The number of carboxylic acids is 1. The summed E-state index contributed by atoms with van der Waals surface area (Å²) in [7, 11) is 0. The molecule has 0 saturated heterocycles. The highest BCUT2D eigenvalue weighted by molar-refractivity contribution is 9.10. The van der Waals surface area contributed by atoms with E-state index in [1.165, 1.54) is 11.8 Å². The molecule has 1 rings (SSSR count). The van der Waals surface area contributed by atoms with Crippen LogP contribution in [-0.2, 0) is 4.79 Å². The van der Waals surface area contributed by atoms with Crippen LogP contribution in [0.2, 0.25) is 0 Å². The van der Waals surface area contributed by atoms with Gasteiger partial charge in [-0.3, -0.25) is 4.79 Å². The van der Waals surface area contributed by atoms with Crippen molar-refractivity contribution in [3.63, 3.8) is 0 Å². The predicted molar refractivity (Wildman–Crippen MR) is 80.2 cm³/mol. The minimum atomic E-state index is -0.698. The largest absolute Gasteiger partial charge is 0.480 e. The Labute approximate surface area is 121 Å². The zero-order valence-electron chi connectivity index (χ0n) is 10.8. The molecule has 1 aromatic carbocycles. The van der Waals surface area contributed by atoms with Crippen LogP contribution in [0.5, 0.6) is 0 Å². The standard InChI is InChI=1S/C14H19BrO2S/c1-3-8-14(9-4-2,13(16)17)18-12-7-5-6-11(15)10-12/h5-7,10H,3-4,8-9H2,1-2H3,(H,16,17). The molecule has 0 unspecified atom stereocenters. The first kappa shape index (κ1) is 15.6. The monoisotopic (exact) mass is 330 g/mol. The van der Waals surface area contributed by atoms with E-state index in [4.69, 9.17) is 0 Å². The summed E-state index contributed by atoms with van der Waals surface area (Å²) in [5.74, 6) is -0.698. The van der Waals surface area contributed by atoms with Crippen molar-refractivity contribution in [1.29, 1.82) is 0 Å². The van der Waals surface area contributed by atoms with Crippen molar-refractivity contribution in [2.45, 2.75) is 49.2 Å². The fourth-order valence-electron chi connectivity index (χ4n) is 2.05. The smallest absolute Gasteiger partial charge is 0.320 e. The molecule has 0 bridgehead atoms. The van der Waals surface area contributed by atoms with Crippen LogP contribution in [0.25, 0.3) is 0 Å². The molecule has 0 aliphatic heterocycles. The van der Waals surface area contributed by atoms with Gasteiger partial charge >= 0.3 is 5.97 Å².